The molecule has 0 radical (unpaired) electrons. The number of aryl methyl sites for hydroxylation is 1. The summed E-state index contributed by atoms with van der Waals surface area (Å²) in [4.78, 5) is 27.1. The van der Waals surface area contributed by atoms with Crippen LogP contribution >= 0.6 is 11.3 Å². The van der Waals surface area contributed by atoms with Gasteiger partial charge in [-0.3, -0.25) is 9.59 Å². The third kappa shape index (κ3) is 5.57. The minimum Gasteiger partial charge on any atom is -0.484 e. The van der Waals surface area contributed by atoms with Crippen LogP contribution in [0.2, 0.25) is 0 Å². The van der Waals surface area contributed by atoms with Crippen LogP contribution in [0.15, 0.2) is 41.8 Å². The van der Waals surface area contributed by atoms with Crippen LogP contribution in [0.3, 0.4) is 0 Å². The lowest BCUT2D eigenvalue weighted by Crippen LogP contribution is -2.47. The van der Waals surface area contributed by atoms with Crippen molar-refractivity contribution in [1.82, 2.24) is 10.2 Å². The third-order valence-electron chi connectivity index (χ3n) is 4.71. The summed E-state index contributed by atoms with van der Waals surface area (Å²) in [6, 6.07) is 11.7. The van der Waals surface area contributed by atoms with Crippen molar-refractivity contribution in [3.05, 3.63) is 52.2 Å². The van der Waals surface area contributed by atoms with Gasteiger partial charge < -0.3 is 15.0 Å². The summed E-state index contributed by atoms with van der Waals surface area (Å²) in [7, 11) is 0. The summed E-state index contributed by atoms with van der Waals surface area (Å²) in [5.41, 5.74) is 1.28. The minimum atomic E-state index is -0.115. The normalized spacial score (nSPS) is 14.8. The maximum atomic E-state index is 12.3. The molecule has 1 fully saturated rings. The molecule has 1 saturated heterocycles. The van der Waals surface area contributed by atoms with Crippen LogP contribution in [0.25, 0.3) is 0 Å². The Kier molecular flexibility index (Phi) is 6.87. The van der Waals surface area contributed by atoms with Gasteiger partial charge in [0.25, 0.3) is 11.8 Å². The summed E-state index contributed by atoms with van der Waals surface area (Å²) < 4.78 is 5.58. The number of nitrogens with one attached hydrogen (secondary N) is 1. The van der Waals surface area contributed by atoms with E-state index in [1.165, 1.54) is 16.9 Å². The average Bonchev–Trinajstić information content (AvgIpc) is 3.23. The summed E-state index contributed by atoms with van der Waals surface area (Å²) >= 11 is 1.47. The molecule has 1 aromatic carbocycles. The number of piperidine rings is 1. The van der Waals surface area contributed by atoms with Gasteiger partial charge in [-0.1, -0.05) is 31.5 Å². The fourth-order valence-electron chi connectivity index (χ4n) is 3.24. The Morgan fingerprint density at radius 3 is 2.56 bits per heavy atom. The number of carbonyl (C=O) groups is 2. The van der Waals surface area contributed by atoms with Crippen molar-refractivity contribution >= 4 is 23.2 Å². The summed E-state index contributed by atoms with van der Waals surface area (Å²) in [6.07, 6.45) is 3.71. The van der Waals surface area contributed by atoms with Gasteiger partial charge in [0.05, 0.1) is 4.88 Å². The number of benzene rings is 1. The van der Waals surface area contributed by atoms with E-state index in [-0.39, 0.29) is 24.5 Å². The van der Waals surface area contributed by atoms with E-state index >= 15 is 0 Å². The molecule has 0 saturated carbocycles. The van der Waals surface area contributed by atoms with E-state index in [0.717, 1.165) is 30.6 Å². The SMILES string of the molecule is CCCc1ccc(OCC(=O)NC2CCN(C(=O)c3cccs3)CC2)cc1. The molecule has 2 heterocycles. The van der Waals surface area contributed by atoms with Crippen molar-refractivity contribution in [3.63, 3.8) is 0 Å². The van der Waals surface area contributed by atoms with Gasteiger partial charge in [0.15, 0.2) is 6.61 Å². The standard InChI is InChI=1S/C21H26N2O3S/c1-2-4-16-6-8-18(9-7-16)26-15-20(24)22-17-10-12-23(13-11-17)21(25)19-5-3-14-27-19/h3,5-9,14,17H,2,4,10-13,15H2,1H3,(H,22,24). The van der Waals surface area contributed by atoms with E-state index in [1.807, 2.05) is 46.7 Å². The highest BCUT2D eigenvalue weighted by molar-refractivity contribution is 7.12. The molecule has 2 aromatic rings. The first-order valence-corrected chi connectivity index (χ1v) is 10.4. The molecular formula is C21H26N2O3S. The van der Waals surface area contributed by atoms with Gasteiger partial charge >= 0.3 is 0 Å². The number of hydrogen-bond acceptors (Lipinski definition) is 4. The van der Waals surface area contributed by atoms with Crippen molar-refractivity contribution in [2.24, 2.45) is 0 Å². The molecule has 3 rings (SSSR count). The molecule has 27 heavy (non-hydrogen) atoms. The topological polar surface area (TPSA) is 58.6 Å². The van der Waals surface area contributed by atoms with Gasteiger partial charge in [0.2, 0.25) is 0 Å². The Morgan fingerprint density at radius 1 is 1.19 bits per heavy atom. The predicted octanol–water partition coefficient (Wildman–Crippen LogP) is 3.50. The molecule has 144 valence electrons. The first-order valence-electron chi connectivity index (χ1n) is 9.49. The lowest BCUT2D eigenvalue weighted by Gasteiger charge is -2.32. The maximum Gasteiger partial charge on any atom is 0.263 e. The highest BCUT2D eigenvalue weighted by Crippen LogP contribution is 2.17. The fraction of sp³-hybridized carbons (Fsp3) is 0.429. The Bertz CT molecular complexity index is 735. The molecule has 0 atom stereocenters. The maximum absolute atomic E-state index is 12.3. The number of nitrogens with zero attached hydrogens (tertiary/aromatic N) is 1. The monoisotopic (exact) mass is 386 g/mol. The highest BCUT2D eigenvalue weighted by Gasteiger charge is 2.25. The molecule has 1 N–H and O–H groups in total. The van der Waals surface area contributed by atoms with E-state index in [4.69, 9.17) is 4.74 Å². The number of rotatable bonds is 7. The van der Waals surface area contributed by atoms with Crippen LogP contribution in [0.4, 0.5) is 0 Å². The largest absolute Gasteiger partial charge is 0.484 e. The summed E-state index contributed by atoms with van der Waals surface area (Å²) in [5, 5.41) is 4.93. The van der Waals surface area contributed by atoms with Crippen LogP contribution in [-0.4, -0.2) is 42.5 Å². The second-order valence-corrected chi connectivity index (χ2v) is 7.74. The molecule has 2 amide bonds. The number of carbonyl (C=O) groups excluding carboxylic acids is 2. The zero-order valence-electron chi connectivity index (χ0n) is 15.6. The van der Waals surface area contributed by atoms with Crippen LogP contribution in [0, 0.1) is 0 Å². The third-order valence-corrected chi connectivity index (χ3v) is 5.57. The van der Waals surface area contributed by atoms with Crippen LogP contribution in [-0.2, 0) is 11.2 Å². The fourth-order valence-corrected chi connectivity index (χ4v) is 3.93. The smallest absolute Gasteiger partial charge is 0.263 e. The molecule has 0 bridgehead atoms. The van der Waals surface area contributed by atoms with Gasteiger partial charge in [-0.25, -0.2) is 0 Å². The van der Waals surface area contributed by atoms with E-state index in [1.54, 1.807) is 0 Å². The Balaban J connectivity index is 1.38. The van der Waals surface area contributed by atoms with Gasteiger partial charge in [-0.05, 0) is 48.4 Å². The van der Waals surface area contributed by atoms with Crippen LogP contribution in [0.1, 0.15) is 41.4 Å². The summed E-state index contributed by atoms with van der Waals surface area (Å²) in [5.74, 6) is 0.682. The van der Waals surface area contributed by atoms with Crippen molar-refractivity contribution in [2.45, 2.75) is 38.6 Å². The number of amides is 2. The number of ether oxygens (including phenoxy) is 1. The minimum absolute atomic E-state index is 0.0153. The van der Waals surface area contributed by atoms with Crippen LogP contribution in [0.5, 0.6) is 5.75 Å². The Labute approximate surface area is 164 Å². The first kappa shape index (κ1) is 19.4. The van der Waals surface area contributed by atoms with E-state index in [9.17, 15) is 9.59 Å². The Morgan fingerprint density at radius 2 is 1.93 bits per heavy atom. The molecule has 5 nitrogen and oxygen atoms in total. The molecule has 0 spiro atoms. The molecule has 1 aliphatic rings. The van der Waals surface area contributed by atoms with E-state index in [0.29, 0.717) is 18.8 Å². The lowest BCUT2D eigenvalue weighted by atomic mass is 10.0. The first-order chi connectivity index (χ1) is 13.2. The molecular weight excluding hydrogens is 360 g/mol. The Hall–Kier alpha value is -2.34. The van der Waals surface area contributed by atoms with Gasteiger partial charge in [-0.15, -0.1) is 11.3 Å². The molecule has 1 aliphatic heterocycles. The van der Waals surface area contributed by atoms with Crippen molar-refractivity contribution in [2.75, 3.05) is 19.7 Å². The summed E-state index contributed by atoms with van der Waals surface area (Å²) in [6.45, 7) is 3.50. The number of hydrogen-bond donors (Lipinski definition) is 1. The highest BCUT2D eigenvalue weighted by atomic mass is 32.1. The number of thiophene rings is 1. The molecule has 1 aromatic heterocycles. The zero-order valence-corrected chi connectivity index (χ0v) is 16.5. The molecule has 0 unspecified atom stereocenters. The second-order valence-electron chi connectivity index (χ2n) is 6.79. The van der Waals surface area contributed by atoms with Crippen molar-refractivity contribution < 1.29 is 14.3 Å². The van der Waals surface area contributed by atoms with Gasteiger partial charge in [0.1, 0.15) is 5.75 Å². The van der Waals surface area contributed by atoms with Gasteiger partial charge in [-0.2, -0.15) is 0 Å². The average molecular weight is 387 g/mol. The zero-order chi connectivity index (χ0) is 19.1. The number of likely N-dealkylation sites (tertiary alicyclic amines) is 1. The second kappa shape index (κ2) is 9.55. The lowest BCUT2D eigenvalue weighted by molar-refractivity contribution is -0.124. The molecule has 0 aliphatic carbocycles. The van der Waals surface area contributed by atoms with Gasteiger partial charge in [0, 0.05) is 19.1 Å². The van der Waals surface area contributed by atoms with Crippen LogP contribution < -0.4 is 10.1 Å². The van der Waals surface area contributed by atoms with Crippen molar-refractivity contribution in [3.8, 4) is 5.75 Å². The molecule has 6 heteroatoms. The van der Waals surface area contributed by atoms with Crippen molar-refractivity contribution in [1.29, 1.82) is 0 Å². The predicted molar refractivity (Wildman–Crippen MR) is 107 cm³/mol. The van der Waals surface area contributed by atoms with E-state index in [2.05, 4.69) is 12.2 Å². The van der Waals surface area contributed by atoms with E-state index < -0.39 is 0 Å². The quantitative estimate of drug-likeness (QED) is 0.792.